The molecule has 0 N–H and O–H groups in total. The maximum atomic E-state index is 10.8. The van der Waals surface area contributed by atoms with E-state index < -0.39 is 5.34 Å². The largest absolute Gasteiger partial charge is 0.309 e. The molecule has 2 heterocycles. The smallest absolute Gasteiger partial charge is 0.168 e. The molecule has 3 nitrogen and oxygen atoms in total. The monoisotopic (exact) mass is 252 g/mol. The van der Waals surface area contributed by atoms with Gasteiger partial charge in [-0.05, 0) is 49.3 Å². The van der Waals surface area contributed by atoms with E-state index in [1.165, 1.54) is 6.42 Å². The minimum absolute atomic E-state index is 0.362. The minimum Gasteiger partial charge on any atom is -0.309 e. The van der Waals surface area contributed by atoms with Crippen molar-refractivity contribution in [2.24, 2.45) is 5.92 Å². The van der Waals surface area contributed by atoms with E-state index in [2.05, 4.69) is 16.8 Å². The molecule has 2 rings (SSSR count). The number of hydrogen-bond acceptors (Lipinski definition) is 3. The fourth-order valence-electron chi connectivity index (χ4n) is 2.61. The topological polar surface area (TPSA) is 33.2 Å². The van der Waals surface area contributed by atoms with Gasteiger partial charge >= 0.3 is 0 Å². The summed E-state index contributed by atoms with van der Waals surface area (Å²) in [6, 6.07) is 5.19. The highest BCUT2D eigenvalue weighted by molar-refractivity contribution is 6.39. The minimum atomic E-state index is -1.10. The van der Waals surface area contributed by atoms with Gasteiger partial charge in [0.15, 0.2) is 6.29 Å². The Labute approximate surface area is 117 Å². The van der Waals surface area contributed by atoms with Gasteiger partial charge in [0, 0.05) is 5.69 Å². The molecule has 0 unspecified atom stereocenters. The van der Waals surface area contributed by atoms with Crippen molar-refractivity contribution >= 4 is 22.0 Å². The lowest BCUT2D eigenvalue weighted by Gasteiger charge is -2.43. The van der Waals surface area contributed by atoms with Crippen LogP contribution in [0.25, 0.3) is 0 Å². The summed E-state index contributed by atoms with van der Waals surface area (Å²) in [6.07, 6.45) is 4.14. The number of hydrogen-bond donors (Lipinski definition) is 0. The van der Waals surface area contributed by atoms with Crippen LogP contribution in [0.4, 0.5) is 0 Å². The van der Waals surface area contributed by atoms with Gasteiger partial charge in [-0.2, -0.15) is 0 Å². The molecule has 0 spiro atoms. The molecule has 1 saturated heterocycles. The summed E-state index contributed by atoms with van der Waals surface area (Å²) < 4.78 is 0. The lowest BCUT2D eigenvalue weighted by atomic mass is 9.58. The molecule has 19 heavy (non-hydrogen) atoms. The van der Waals surface area contributed by atoms with Gasteiger partial charge in [0.25, 0.3) is 0 Å². The molecule has 1 aliphatic heterocycles. The molecule has 0 aliphatic carbocycles. The molecule has 96 valence electrons. The summed E-state index contributed by atoms with van der Waals surface area (Å²) in [5.41, 5.74) is 0.910. The normalized spacial score (nSPS) is 18.4. The third kappa shape index (κ3) is 3.08. The first kappa shape index (κ1) is 14.3. The molecule has 0 saturated carbocycles. The van der Waals surface area contributed by atoms with Gasteiger partial charge in [0.05, 0.1) is 15.7 Å². The molecule has 5 heteroatoms. The Bertz CT molecular complexity index is 443. The zero-order valence-corrected chi connectivity index (χ0v) is 11.4. The molecule has 1 aromatic heterocycles. The van der Waals surface area contributed by atoms with Crippen LogP contribution in [0.2, 0.25) is 0 Å². The first-order valence-corrected chi connectivity index (χ1v) is 6.83. The van der Waals surface area contributed by atoms with Gasteiger partial charge in [-0.1, -0.05) is 19.4 Å². The predicted molar refractivity (Wildman–Crippen MR) is 77.4 cm³/mol. The second-order valence-electron chi connectivity index (χ2n) is 5.23. The second-order valence-corrected chi connectivity index (χ2v) is 5.23. The van der Waals surface area contributed by atoms with Crippen LogP contribution >= 0.6 is 0 Å². The Balaban J connectivity index is 2.15. The first-order valence-electron chi connectivity index (χ1n) is 6.83. The molecule has 1 fully saturated rings. The van der Waals surface area contributed by atoms with Gasteiger partial charge in [-0.15, -0.1) is 0 Å². The number of rotatable bonds is 4. The van der Waals surface area contributed by atoms with Crippen LogP contribution in [0.1, 0.15) is 42.4 Å². The lowest BCUT2D eigenvalue weighted by molar-refractivity contribution is 0.111. The molecule has 0 bridgehead atoms. The van der Waals surface area contributed by atoms with E-state index in [-0.39, 0.29) is 0 Å². The van der Waals surface area contributed by atoms with Gasteiger partial charge in [-0.3, -0.25) is 4.79 Å². The van der Waals surface area contributed by atoms with Crippen molar-refractivity contribution in [1.82, 2.24) is 9.88 Å². The second kappa shape index (κ2) is 5.91. The van der Waals surface area contributed by atoms with Crippen molar-refractivity contribution in [2.45, 2.75) is 31.5 Å². The van der Waals surface area contributed by atoms with Gasteiger partial charge in [0.1, 0.15) is 5.69 Å². The molecule has 1 aromatic rings. The molecule has 0 aromatic carbocycles. The van der Waals surface area contributed by atoms with E-state index in [1.54, 1.807) is 18.2 Å². The van der Waals surface area contributed by atoms with Gasteiger partial charge in [-0.25, -0.2) is 4.98 Å². The molecule has 0 atom stereocenters. The average Bonchev–Trinajstić information content (AvgIpc) is 2.47. The van der Waals surface area contributed by atoms with Crippen molar-refractivity contribution in [1.29, 1.82) is 0 Å². The summed E-state index contributed by atoms with van der Waals surface area (Å²) in [5, 5.41) is -1.10. The quantitative estimate of drug-likeness (QED) is 0.600. The summed E-state index contributed by atoms with van der Waals surface area (Å²) in [5.74, 6) is 0.765. The molecular formula is C14H18B2N2O. The van der Waals surface area contributed by atoms with Crippen molar-refractivity contribution in [3.05, 3.63) is 29.6 Å². The van der Waals surface area contributed by atoms with Crippen LogP contribution in [-0.4, -0.2) is 45.0 Å². The highest BCUT2D eigenvalue weighted by Crippen LogP contribution is 2.28. The number of aromatic nitrogens is 1. The third-order valence-corrected chi connectivity index (χ3v) is 4.02. The molecular weight excluding hydrogens is 234 g/mol. The number of nitrogens with zero attached hydrogens (tertiary/aromatic N) is 2. The predicted octanol–water partition coefficient (Wildman–Crippen LogP) is 1.46. The molecule has 1 aliphatic rings. The lowest BCUT2D eigenvalue weighted by Crippen LogP contribution is -2.51. The Morgan fingerprint density at radius 2 is 2.11 bits per heavy atom. The van der Waals surface area contributed by atoms with Crippen LogP contribution in [-0.2, 0) is 5.34 Å². The molecule has 0 amide bonds. The fourth-order valence-corrected chi connectivity index (χ4v) is 2.61. The number of carbonyl (C=O) groups excluding carboxylic acids is 1. The SMILES string of the molecule is [B]C([B])(c1cccc(C=O)n1)N1CCC(CC)CC1. The van der Waals surface area contributed by atoms with E-state index in [9.17, 15) is 4.79 Å². The van der Waals surface area contributed by atoms with E-state index in [0.717, 1.165) is 31.8 Å². The van der Waals surface area contributed by atoms with Crippen molar-refractivity contribution in [3.63, 3.8) is 0 Å². The Morgan fingerprint density at radius 1 is 1.42 bits per heavy atom. The highest BCUT2D eigenvalue weighted by atomic mass is 16.1. The van der Waals surface area contributed by atoms with Crippen LogP contribution in [0.15, 0.2) is 18.2 Å². The number of likely N-dealkylation sites (tertiary alicyclic amines) is 1. The average molecular weight is 252 g/mol. The van der Waals surface area contributed by atoms with Crippen LogP contribution in [0.3, 0.4) is 0 Å². The van der Waals surface area contributed by atoms with Crippen molar-refractivity contribution < 1.29 is 4.79 Å². The van der Waals surface area contributed by atoms with E-state index >= 15 is 0 Å². The standard InChI is InChI=1S/C14H18B2N2O/c1-2-11-6-8-18(9-7-11)14(15,16)13-5-3-4-12(10-19)17-13/h3-5,10-11H,2,6-9H2,1H3. The maximum absolute atomic E-state index is 10.8. The van der Waals surface area contributed by atoms with E-state index in [4.69, 9.17) is 15.7 Å². The Kier molecular flexibility index (Phi) is 4.46. The Hall–Kier alpha value is -1.09. The first-order chi connectivity index (χ1) is 9.07. The highest BCUT2D eigenvalue weighted by Gasteiger charge is 2.31. The van der Waals surface area contributed by atoms with Crippen molar-refractivity contribution in [3.8, 4) is 0 Å². The van der Waals surface area contributed by atoms with Gasteiger partial charge < -0.3 is 4.90 Å². The Morgan fingerprint density at radius 3 is 2.68 bits per heavy atom. The zero-order chi connectivity index (χ0) is 13.9. The zero-order valence-electron chi connectivity index (χ0n) is 11.4. The van der Waals surface area contributed by atoms with Crippen LogP contribution in [0.5, 0.6) is 0 Å². The number of aldehydes is 1. The van der Waals surface area contributed by atoms with Crippen LogP contribution < -0.4 is 0 Å². The number of carbonyl (C=O) groups is 1. The maximum Gasteiger partial charge on any atom is 0.168 e. The van der Waals surface area contributed by atoms with Crippen molar-refractivity contribution in [2.75, 3.05) is 13.1 Å². The number of piperidine rings is 1. The van der Waals surface area contributed by atoms with Crippen LogP contribution in [0, 0.1) is 5.92 Å². The number of pyridine rings is 1. The van der Waals surface area contributed by atoms with E-state index in [0.29, 0.717) is 17.7 Å². The third-order valence-electron chi connectivity index (χ3n) is 4.02. The summed E-state index contributed by atoms with van der Waals surface area (Å²) in [7, 11) is 12.5. The summed E-state index contributed by atoms with van der Waals surface area (Å²) >= 11 is 0. The summed E-state index contributed by atoms with van der Waals surface area (Å²) in [4.78, 5) is 17.1. The molecule has 4 radical (unpaired) electrons. The van der Waals surface area contributed by atoms with E-state index in [1.807, 2.05) is 0 Å². The van der Waals surface area contributed by atoms with Gasteiger partial charge in [0.2, 0.25) is 0 Å². The summed E-state index contributed by atoms with van der Waals surface area (Å²) in [6.45, 7) is 3.96. The fraction of sp³-hybridized carbons (Fsp3) is 0.571.